The third-order valence-corrected chi connectivity index (χ3v) is 5.99. The Kier molecular flexibility index (Phi) is 3.57. The lowest BCUT2D eigenvalue weighted by atomic mass is 10.0. The van der Waals surface area contributed by atoms with E-state index in [-0.39, 0.29) is 10.8 Å². The number of para-hydroxylation sites is 1. The molecule has 1 heterocycles. The molecule has 2 aromatic rings. The molecule has 0 radical (unpaired) electrons. The highest BCUT2D eigenvalue weighted by Crippen LogP contribution is 2.41. The van der Waals surface area contributed by atoms with Gasteiger partial charge in [0, 0.05) is 17.3 Å². The number of benzene rings is 2. The minimum atomic E-state index is -3.73. The lowest BCUT2D eigenvalue weighted by Gasteiger charge is -2.33. The third kappa shape index (κ3) is 2.47. The number of nitrogen functional groups attached to an aromatic ring is 1. The highest BCUT2D eigenvalue weighted by atomic mass is 32.2. The van der Waals surface area contributed by atoms with E-state index in [9.17, 15) is 8.42 Å². The quantitative estimate of drug-likeness (QED) is 0.845. The molecular weight excluding hydrogens is 322 g/mol. The van der Waals surface area contributed by atoms with Gasteiger partial charge in [0.05, 0.1) is 5.69 Å². The van der Waals surface area contributed by atoms with Crippen molar-refractivity contribution in [1.29, 1.82) is 0 Å². The zero-order chi connectivity index (χ0) is 16.7. The van der Waals surface area contributed by atoms with E-state index in [0.29, 0.717) is 17.2 Å². The van der Waals surface area contributed by atoms with Gasteiger partial charge in [-0.3, -0.25) is 4.90 Å². The minimum Gasteiger partial charge on any atom is -0.399 e. The van der Waals surface area contributed by atoms with Gasteiger partial charge in [-0.1, -0.05) is 31.0 Å². The first-order chi connectivity index (χ1) is 11.6. The molecule has 24 heavy (non-hydrogen) atoms. The normalized spacial score (nSPS) is 19.8. The zero-order valence-corrected chi connectivity index (χ0v) is 14.0. The van der Waals surface area contributed by atoms with Gasteiger partial charge in [-0.2, -0.15) is 8.42 Å². The molecule has 1 aliphatic carbocycles. The van der Waals surface area contributed by atoms with Crippen molar-refractivity contribution in [2.45, 2.75) is 30.6 Å². The number of sulfonamides is 1. The van der Waals surface area contributed by atoms with Gasteiger partial charge in [0.25, 0.3) is 10.0 Å². The van der Waals surface area contributed by atoms with Crippen LogP contribution in [0.25, 0.3) is 0 Å². The van der Waals surface area contributed by atoms with Crippen LogP contribution in [-0.4, -0.2) is 14.3 Å². The fraction of sp³-hybridized carbons (Fsp3) is 0.278. The van der Waals surface area contributed by atoms with Crippen molar-refractivity contribution in [3.63, 3.8) is 0 Å². The number of anilines is 3. The maximum Gasteiger partial charge on any atom is 0.286 e. The first-order valence-corrected chi connectivity index (χ1v) is 9.60. The van der Waals surface area contributed by atoms with Crippen molar-refractivity contribution in [1.82, 2.24) is 0 Å². The molecule has 0 amide bonds. The second kappa shape index (κ2) is 5.63. The molecule has 4 rings (SSSR count). The van der Waals surface area contributed by atoms with Gasteiger partial charge in [0.1, 0.15) is 10.7 Å². The van der Waals surface area contributed by atoms with Crippen LogP contribution in [0, 0.1) is 5.92 Å². The molecule has 6 heteroatoms. The van der Waals surface area contributed by atoms with Crippen LogP contribution in [0.15, 0.2) is 57.8 Å². The Hall–Kier alpha value is -2.34. The smallest absolute Gasteiger partial charge is 0.286 e. The average Bonchev–Trinajstić information content (AvgIpc) is 3.10. The zero-order valence-electron chi connectivity index (χ0n) is 13.2. The summed E-state index contributed by atoms with van der Waals surface area (Å²) in [5.41, 5.74) is 7.79. The lowest BCUT2D eigenvalue weighted by Crippen LogP contribution is -2.36. The van der Waals surface area contributed by atoms with E-state index in [0.717, 1.165) is 31.4 Å². The summed E-state index contributed by atoms with van der Waals surface area (Å²) in [5.74, 6) is 0.807. The molecule has 0 spiro atoms. The Morgan fingerprint density at radius 1 is 1.04 bits per heavy atom. The van der Waals surface area contributed by atoms with E-state index in [1.165, 1.54) is 6.07 Å². The Labute approximate surface area is 141 Å². The monoisotopic (exact) mass is 341 g/mol. The van der Waals surface area contributed by atoms with Crippen LogP contribution in [0.4, 0.5) is 17.1 Å². The summed E-state index contributed by atoms with van der Waals surface area (Å²) >= 11 is 0. The Balaban J connectivity index is 1.95. The van der Waals surface area contributed by atoms with Crippen molar-refractivity contribution in [3.05, 3.63) is 48.5 Å². The van der Waals surface area contributed by atoms with E-state index in [4.69, 9.17) is 5.73 Å². The summed E-state index contributed by atoms with van der Waals surface area (Å²) in [6.07, 6.45) is 4.17. The predicted octanol–water partition coefficient (Wildman–Crippen LogP) is 3.70. The van der Waals surface area contributed by atoms with Crippen molar-refractivity contribution in [3.8, 4) is 0 Å². The summed E-state index contributed by atoms with van der Waals surface area (Å²) in [5, 5.41) is 0. The minimum absolute atomic E-state index is 0.172. The fourth-order valence-electron chi connectivity index (χ4n) is 3.55. The molecular formula is C18H19N3O2S. The number of fused-ring (bicyclic) bond motifs is 1. The number of nitrogens with two attached hydrogens (primary N) is 1. The van der Waals surface area contributed by atoms with Crippen molar-refractivity contribution >= 4 is 32.9 Å². The first kappa shape index (κ1) is 15.2. The summed E-state index contributed by atoms with van der Waals surface area (Å²) in [7, 11) is -3.73. The summed E-state index contributed by atoms with van der Waals surface area (Å²) in [6, 6.07) is 14.8. The van der Waals surface area contributed by atoms with Gasteiger partial charge in [-0.05, 0) is 43.2 Å². The molecule has 2 aliphatic rings. The van der Waals surface area contributed by atoms with Crippen molar-refractivity contribution in [2.24, 2.45) is 10.3 Å². The van der Waals surface area contributed by atoms with E-state index in [2.05, 4.69) is 4.40 Å². The summed E-state index contributed by atoms with van der Waals surface area (Å²) in [6.45, 7) is 0. The van der Waals surface area contributed by atoms with Crippen molar-refractivity contribution in [2.75, 3.05) is 10.6 Å². The van der Waals surface area contributed by atoms with E-state index in [1.54, 1.807) is 12.1 Å². The molecule has 1 fully saturated rings. The molecule has 1 aliphatic heterocycles. The van der Waals surface area contributed by atoms with E-state index in [1.807, 2.05) is 35.2 Å². The molecule has 2 N–H and O–H groups in total. The number of rotatable bonds is 2. The maximum absolute atomic E-state index is 12.7. The van der Waals surface area contributed by atoms with Crippen LogP contribution in [-0.2, 0) is 10.0 Å². The largest absolute Gasteiger partial charge is 0.399 e. The van der Waals surface area contributed by atoms with Crippen LogP contribution in [0.3, 0.4) is 0 Å². The molecule has 5 nitrogen and oxygen atoms in total. The summed E-state index contributed by atoms with van der Waals surface area (Å²) < 4.78 is 29.6. The van der Waals surface area contributed by atoms with Crippen molar-refractivity contribution < 1.29 is 8.42 Å². The number of amidine groups is 1. The lowest BCUT2D eigenvalue weighted by molar-refractivity contribution is 0.595. The van der Waals surface area contributed by atoms with Gasteiger partial charge >= 0.3 is 0 Å². The molecule has 0 bridgehead atoms. The predicted molar refractivity (Wildman–Crippen MR) is 96.0 cm³/mol. The molecule has 0 saturated heterocycles. The topological polar surface area (TPSA) is 75.8 Å². The van der Waals surface area contributed by atoms with E-state index >= 15 is 0 Å². The highest BCUT2D eigenvalue weighted by molar-refractivity contribution is 7.90. The van der Waals surface area contributed by atoms with Crippen LogP contribution >= 0.6 is 0 Å². The number of nitrogens with zero attached hydrogens (tertiary/aromatic N) is 2. The summed E-state index contributed by atoms with van der Waals surface area (Å²) in [4.78, 5) is 2.15. The van der Waals surface area contributed by atoms with E-state index < -0.39 is 10.0 Å². The molecule has 2 aromatic carbocycles. The Morgan fingerprint density at radius 2 is 1.75 bits per heavy atom. The van der Waals surface area contributed by atoms with Crippen LogP contribution < -0.4 is 10.6 Å². The van der Waals surface area contributed by atoms with Gasteiger partial charge in [-0.25, -0.2) is 0 Å². The SMILES string of the molecule is Nc1ccc2c(c1)S(=O)(=O)N=C(C1CCCC1)N2c1ccccc1. The molecule has 1 saturated carbocycles. The standard InChI is InChI=1S/C18H19N3O2S/c19-14-10-11-16-17(12-14)24(22,23)20-18(13-6-4-5-7-13)21(16)15-8-2-1-3-9-15/h1-3,8-13H,4-7,19H2. The third-order valence-electron chi connectivity index (χ3n) is 4.68. The van der Waals surface area contributed by atoms with Gasteiger partial charge in [0.2, 0.25) is 0 Å². The highest BCUT2D eigenvalue weighted by Gasteiger charge is 2.36. The van der Waals surface area contributed by atoms with Crippen LogP contribution in [0.1, 0.15) is 25.7 Å². The number of hydrogen-bond donors (Lipinski definition) is 1. The molecule has 0 unspecified atom stereocenters. The van der Waals surface area contributed by atoms with Crippen LogP contribution in [0.2, 0.25) is 0 Å². The first-order valence-electron chi connectivity index (χ1n) is 8.16. The second-order valence-electron chi connectivity index (χ2n) is 6.30. The van der Waals surface area contributed by atoms with Gasteiger partial charge in [-0.15, -0.1) is 4.40 Å². The Morgan fingerprint density at radius 3 is 2.46 bits per heavy atom. The van der Waals surface area contributed by atoms with Crippen LogP contribution in [0.5, 0.6) is 0 Å². The fourth-order valence-corrected chi connectivity index (χ4v) is 4.83. The second-order valence-corrected chi connectivity index (χ2v) is 7.88. The molecule has 124 valence electrons. The number of hydrogen-bond acceptors (Lipinski definition) is 4. The van der Waals surface area contributed by atoms with Gasteiger partial charge < -0.3 is 5.73 Å². The molecule has 0 atom stereocenters. The molecule has 0 aromatic heterocycles. The Bertz CT molecular complexity index is 901. The average molecular weight is 341 g/mol. The van der Waals surface area contributed by atoms with Gasteiger partial charge in [0.15, 0.2) is 0 Å². The maximum atomic E-state index is 12.7.